The van der Waals surface area contributed by atoms with Crippen LogP contribution in [0.15, 0.2) is 0 Å². The van der Waals surface area contributed by atoms with Gasteiger partial charge in [0.15, 0.2) is 0 Å². The maximum absolute atomic E-state index is 11.5. The van der Waals surface area contributed by atoms with Gasteiger partial charge in [-0.25, -0.2) is 0 Å². The van der Waals surface area contributed by atoms with Crippen molar-refractivity contribution in [3.05, 3.63) is 0 Å². The third-order valence-electron chi connectivity index (χ3n) is 2.40. The molecular formula is C10H16N2O. The second kappa shape index (κ2) is 4.88. The highest BCUT2D eigenvalue weighted by Crippen LogP contribution is 2.11. The summed E-state index contributed by atoms with van der Waals surface area (Å²) in [6.07, 6.45) is 7.73. The Kier molecular flexibility index (Phi) is 3.78. The van der Waals surface area contributed by atoms with Crippen LogP contribution >= 0.6 is 0 Å². The van der Waals surface area contributed by atoms with Crippen LogP contribution in [0, 0.1) is 12.3 Å². The smallest absolute Gasteiger partial charge is 0.239 e. The quantitative estimate of drug-likeness (QED) is 0.496. The predicted octanol–water partition coefficient (Wildman–Crippen LogP) is 0.220. The SMILES string of the molecule is C#CCCCN1CCC(NC)C1=O. The van der Waals surface area contributed by atoms with E-state index in [0.717, 1.165) is 32.4 Å². The molecule has 0 aromatic heterocycles. The molecule has 3 nitrogen and oxygen atoms in total. The maximum Gasteiger partial charge on any atom is 0.239 e. The van der Waals surface area contributed by atoms with Gasteiger partial charge in [0.05, 0.1) is 6.04 Å². The molecule has 1 rings (SSSR count). The lowest BCUT2D eigenvalue weighted by molar-refractivity contribution is -0.129. The summed E-state index contributed by atoms with van der Waals surface area (Å²) < 4.78 is 0. The first-order valence-electron chi connectivity index (χ1n) is 4.69. The molecule has 0 spiro atoms. The molecule has 1 amide bonds. The average molecular weight is 180 g/mol. The summed E-state index contributed by atoms with van der Waals surface area (Å²) in [5.41, 5.74) is 0. The zero-order valence-electron chi connectivity index (χ0n) is 8.05. The van der Waals surface area contributed by atoms with Crippen LogP contribution < -0.4 is 5.32 Å². The summed E-state index contributed by atoms with van der Waals surface area (Å²) in [6.45, 7) is 1.68. The van der Waals surface area contributed by atoms with Crippen LogP contribution in [0.5, 0.6) is 0 Å². The molecule has 0 radical (unpaired) electrons. The third kappa shape index (κ3) is 2.46. The second-order valence-corrected chi connectivity index (χ2v) is 3.26. The van der Waals surface area contributed by atoms with Gasteiger partial charge in [0.1, 0.15) is 0 Å². The molecule has 1 N–H and O–H groups in total. The number of carbonyl (C=O) groups excluding carboxylic acids is 1. The molecule has 13 heavy (non-hydrogen) atoms. The Bertz CT molecular complexity index is 219. The molecule has 1 fully saturated rings. The van der Waals surface area contributed by atoms with E-state index in [2.05, 4.69) is 11.2 Å². The minimum atomic E-state index is 0.0332. The van der Waals surface area contributed by atoms with Gasteiger partial charge in [-0.3, -0.25) is 4.79 Å². The number of likely N-dealkylation sites (N-methyl/N-ethyl adjacent to an activating group) is 1. The van der Waals surface area contributed by atoms with Crippen LogP contribution in [0.25, 0.3) is 0 Å². The van der Waals surface area contributed by atoms with Crippen LogP contribution in [0.4, 0.5) is 0 Å². The van der Waals surface area contributed by atoms with Gasteiger partial charge in [-0.15, -0.1) is 12.3 Å². The van der Waals surface area contributed by atoms with Crippen molar-refractivity contribution in [2.45, 2.75) is 25.3 Å². The number of rotatable bonds is 4. The van der Waals surface area contributed by atoms with E-state index in [1.165, 1.54) is 0 Å². The van der Waals surface area contributed by atoms with Gasteiger partial charge in [0, 0.05) is 19.5 Å². The Morgan fingerprint density at radius 2 is 2.54 bits per heavy atom. The molecule has 72 valence electrons. The summed E-state index contributed by atoms with van der Waals surface area (Å²) in [6, 6.07) is 0.0332. The predicted molar refractivity (Wildman–Crippen MR) is 52.1 cm³/mol. The fourth-order valence-electron chi connectivity index (χ4n) is 1.60. The number of nitrogens with zero attached hydrogens (tertiary/aromatic N) is 1. The maximum atomic E-state index is 11.5. The molecule has 0 aromatic carbocycles. The zero-order chi connectivity index (χ0) is 9.68. The molecule has 0 bridgehead atoms. The topological polar surface area (TPSA) is 32.3 Å². The lowest BCUT2D eigenvalue weighted by atomic mass is 10.2. The van der Waals surface area contributed by atoms with E-state index in [4.69, 9.17) is 6.42 Å². The molecule has 0 aromatic rings. The standard InChI is InChI=1S/C10H16N2O/c1-3-4-5-7-12-8-6-9(11-2)10(12)13/h1,9,11H,4-8H2,2H3. The first-order chi connectivity index (χ1) is 6.29. The van der Waals surface area contributed by atoms with Crippen molar-refractivity contribution in [2.75, 3.05) is 20.1 Å². The third-order valence-corrected chi connectivity index (χ3v) is 2.40. The first kappa shape index (κ1) is 10.1. The summed E-state index contributed by atoms with van der Waals surface area (Å²) in [7, 11) is 1.83. The average Bonchev–Trinajstić information content (AvgIpc) is 2.48. The van der Waals surface area contributed by atoms with Crippen molar-refractivity contribution < 1.29 is 4.79 Å². The van der Waals surface area contributed by atoms with Crippen LogP contribution in [0.2, 0.25) is 0 Å². The molecule has 0 aliphatic carbocycles. The van der Waals surface area contributed by atoms with E-state index in [0.29, 0.717) is 0 Å². The van der Waals surface area contributed by atoms with Crippen LogP contribution in [0.1, 0.15) is 19.3 Å². The Balaban J connectivity index is 2.29. The number of hydrogen-bond donors (Lipinski definition) is 1. The number of amides is 1. The number of nitrogens with one attached hydrogen (secondary N) is 1. The minimum Gasteiger partial charge on any atom is -0.341 e. The highest BCUT2D eigenvalue weighted by Gasteiger charge is 2.29. The lowest BCUT2D eigenvalue weighted by Gasteiger charge is -2.15. The lowest BCUT2D eigenvalue weighted by Crippen LogP contribution is -2.36. The Labute approximate surface area is 79.5 Å². The van der Waals surface area contributed by atoms with Crippen molar-refractivity contribution in [2.24, 2.45) is 0 Å². The van der Waals surface area contributed by atoms with E-state index in [9.17, 15) is 4.79 Å². The largest absolute Gasteiger partial charge is 0.341 e. The number of unbranched alkanes of at least 4 members (excludes halogenated alkanes) is 1. The highest BCUT2D eigenvalue weighted by atomic mass is 16.2. The van der Waals surface area contributed by atoms with Gasteiger partial charge in [0.2, 0.25) is 5.91 Å². The summed E-state index contributed by atoms with van der Waals surface area (Å²) in [4.78, 5) is 13.4. The minimum absolute atomic E-state index is 0.0332. The van der Waals surface area contributed by atoms with E-state index in [1.807, 2.05) is 11.9 Å². The van der Waals surface area contributed by atoms with Crippen LogP contribution in [-0.2, 0) is 4.79 Å². The second-order valence-electron chi connectivity index (χ2n) is 3.26. The molecule has 3 heteroatoms. The van der Waals surface area contributed by atoms with Crippen molar-refractivity contribution in [3.8, 4) is 12.3 Å². The molecule has 1 unspecified atom stereocenters. The van der Waals surface area contributed by atoms with Crippen molar-refractivity contribution in [3.63, 3.8) is 0 Å². The van der Waals surface area contributed by atoms with E-state index < -0.39 is 0 Å². The number of carbonyl (C=O) groups is 1. The fraction of sp³-hybridized carbons (Fsp3) is 0.700. The Hall–Kier alpha value is -1.01. The summed E-state index contributed by atoms with van der Waals surface area (Å²) in [5, 5.41) is 3.00. The van der Waals surface area contributed by atoms with Crippen molar-refractivity contribution >= 4 is 5.91 Å². The zero-order valence-corrected chi connectivity index (χ0v) is 8.05. The Morgan fingerprint density at radius 1 is 1.77 bits per heavy atom. The number of terminal acetylenes is 1. The van der Waals surface area contributed by atoms with Crippen LogP contribution in [-0.4, -0.2) is 37.0 Å². The van der Waals surface area contributed by atoms with Gasteiger partial charge < -0.3 is 10.2 Å². The monoisotopic (exact) mass is 180 g/mol. The van der Waals surface area contributed by atoms with Crippen molar-refractivity contribution in [1.29, 1.82) is 0 Å². The molecular weight excluding hydrogens is 164 g/mol. The van der Waals surface area contributed by atoms with Crippen molar-refractivity contribution in [1.82, 2.24) is 10.2 Å². The molecule has 1 atom stereocenters. The van der Waals surface area contributed by atoms with Crippen LogP contribution in [0.3, 0.4) is 0 Å². The molecule has 1 aliphatic heterocycles. The number of likely N-dealkylation sites (tertiary alicyclic amines) is 1. The normalized spacial score (nSPS) is 22.0. The first-order valence-corrected chi connectivity index (χ1v) is 4.69. The van der Waals surface area contributed by atoms with Gasteiger partial charge in [0.25, 0.3) is 0 Å². The van der Waals surface area contributed by atoms with Gasteiger partial charge in [-0.1, -0.05) is 0 Å². The molecule has 0 saturated carbocycles. The van der Waals surface area contributed by atoms with E-state index in [-0.39, 0.29) is 11.9 Å². The summed E-state index contributed by atoms with van der Waals surface area (Å²) >= 11 is 0. The summed E-state index contributed by atoms with van der Waals surface area (Å²) in [5.74, 6) is 2.80. The highest BCUT2D eigenvalue weighted by molar-refractivity contribution is 5.83. The molecule has 1 aliphatic rings. The fourth-order valence-corrected chi connectivity index (χ4v) is 1.60. The van der Waals surface area contributed by atoms with E-state index in [1.54, 1.807) is 0 Å². The molecule has 1 heterocycles. The van der Waals surface area contributed by atoms with E-state index >= 15 is 0 Å². The van der Waals surface area contributed by atoms with Gasteiger partial charge in [-0.05, 0) is 19.9 Å². The number of hydrogen-bond acceptors (Lipinski definition) is 2. The van der Waals surface area contributed by atoms with Gasteiger partial charge >= 0.3 is 0 Å². The molecule has 1 saturated heterocycles. The Morgan fingerprint density at radius 3 is 3.08 bits per heavy atom. The van der Waals surface area contributed by atoms with Gasteiger partial charge in [-0.2, -0.15) is 0 Å².